The number of phenolic OH excluding ortho intramolecular Hbond substituents is 1. The molecule has 0 bridgehead atoms. The predicted octanol–water partition coefficient (Wildman–Crippen LogP) is 4.60. The molecule has 3 aromatic carbocycles. The number of carbonyl (C=O) groups is 1. The van der Waals surface area contributed by atoms with Gasteiger partial charge in [-0.05, 0) is 36.4 Å². The minimum Gasteiger partial charge on any atom is -0.507 e. The molecule has 158 valence electrons. The minimum atomic E-state index is -0.846. The summed E-state index contributed by atoms with van der Waals surface area (Å²) in [5.41, 5.74) is 1.67. The van der Waals surface area contributed by atoms with E-state index in [1.165, 1.54) is 10.6 Å². The Balaban J connectivity index is 1.86. The van der Waals surface area contributed by atoms with E-state index in [4.69, 9.17) is 9.47 Å². The van der Waals surface area contributed by atoms with Gasteiger partial charge >= 0.3 is 12.2 Å². The van der Waals surface area contributed by atoms with E-state index >= 15 is 0 Å². The van der Waals surface area contributed by atoms with Gasteiger partial charge < -0.3 is 19.7 Å². The van der Waals surface area contributed by atoms with Crippen molar-refractivity contribution >= 4 is 16.9 Å². The second kappa shape index (κ2) is 8.35. The number of hydrogen-bond donors (Lipinski definition) is 2. The van der Waals surface area contributed by atoms with E-state index in [0.29, 0.717) is 23.2 Å². The number of aromatic hydroxyl groups is 2. The molecule has 4 aromatic rings. The molecule has 31 heavy (non-hydrogen) atoms. The molecular formula is C23H21N3O5. The summed E-state index contributed by atoms with van der Waals surface area (Å²) in [4.78, 5) is 11.7. The van der Waals surface area contributed by atoms with Gasteiger partial charge in [-0.3, -0.25) is 0 Å². The molecule has 1 heterocycles. The number of benzene rings is 3. The van der Waals surface area contributed by atoms with Gasteiger partial charge in [-0.1, -0.05) is 48.4 Å². The van der Waals surface area contributed by atoms with Gasteiger partial charge in [-0.2, -0.15) is 0 Å². The lowest BCUT2D eigenvalue weighted by Gasteiger charge is -2.14. The van der Waals surface area contributed by atoms with Crippen molar-refractivity contribution < 1.29 is 24.5 Å². The van der Waals surface area contributed by atoms with Gasteiger partial charge in [-0.15, -0.1) is 5.10 Å². The van der Waals surface area contributed by atoms with Crippen molar-refractivity contribution in [3.63, 3.8) is 0 Å². The van der Waals surface area contributed by atoms with E-state index < -0.39 is 6.16 Å². The summed E-state index contributed by atoms with van der Waals surface area (Å²) >= 11 is 0. The number of phenols is 1. The topological polar surface area (TPSA) is 107 Å². The van der Waals surface area contributed by atoms with Crippen molar-refractivity contribution in [2.24, 2.45) is 0 Å². The number of carbonyl (C=O) groups excluding carboxylic acids is 1. The molecular weight excluding hydrogens is 398 g/mol. The minimum absolute atomic E-state index is 0.176. The van der Waals surface area contributed by atoms with Crippen molar-refractivity contribution in [1.82, 2.24) is 14.8 Å². The Morgan fingerprint density at radius 3 is 2.58 bits per heavy atom. The Bertz CT molecular complexity index is 1260. The standard InChI is InChI=1S/C23H21N3O5/c1-3-14-12-17(19(27)13-20(14)31-23(29)30-4-2)21-24-25-22(28)26(21)18-11-7-9-15-8-5-6-10-16(15)18/h5-13,27H,3-4H2,1-2H3,(H,25,28). The summed E-state index contributed by atoms with van der Waals surface area (Å²) in [7, 11) is 0. The smallest absolute Gasteiger partial charge is 0.507 e. The molecule has 2 N–H and O–H groups in total. The second-order valence-corrected chi connectivity index (χ2v) is 6.77. The van der Waals surface area contributed by atoms with Gasteiger partial charge in [0.2, 0.25) is 0 Å². The molecule has 0 aliphatic rings. The molecule has 1 aromatic heterocycles. The third kappa shape index (κ3) is 3.75. The molecule has 0 fully saturated rings. The third-order valence-corrected chi connectivity index (χ3v) is 4.91. The maximum Gasteiger partial charge on any atom is 0.513 e. The molecule has 0 saturated carbocycles. The van der Waals surface area contributed by atoms with Crippen molar-refractivity contribution in [2.75, 3.05) is 6.61 Å². The summed E-state index contributed by atoms with van der Waals surface area (Å²) in [6.07, 6.45) is -0.322. The lowest BCUT2D eigenvalue weighted by Crippen LogP contribution is -2.11. The van der Waals surface area contributed by atoms with Gasteiger partial charge in [0.25, 0.3) is 0 Å². The number of hydrogen-bond acceptors (Lipinski definition) is 7. The monoisotopic (exact) mass is 419 g/mol. The van der Waals surface area contributed by atoms with Gasteiger partial charge in [0, 0.05) is 11.5 Å². The number of ether oxygens (including phenoxy) is 2. The normalized spacial score (nSPS) is 10.9. The fraction of sp³-hybridized carbons (Fsp3) is 0.174. The van der Waals surface area contributed by atoms with Crippen molar-refractivity contribution in [3.8, 4) is 34.6 Å². The number of fused-ring (bicyclic) bond motifs is 1. The Hall–Kier alpha value is -4.07. The predicted molar refractivity (Wildman–Crippen MR) is 115 cm³/mol. The lowest BCUT2D eigenvalue weighted by atomic mass is 10.0. The molecule has 0 spiro atoms. The highest BCUT2D eigenvalue weighted by Crippen LogP contribution is 2.38. The average Bonchev–Trinajstić information content (AvgIpc) is 3.14. The molecule has 0 aliphatic carbocycles. The number of nitrogens with zero attached hydrogens (tertiary/aromatic N) is 3. The highest BCUT2D eigenvalue weighted by atomic mass is 16.7. The van der Waals surface area contributed by atoms with Crippen LogP contribution in [0, 0.1) is 0 Å². The summed E-state index contributed by atoms with van der Waals surface area (Å²) in [6.45, 7) is 3.74. The molecule has 0 radical (unpaired) electrons. The molecule has 0 saturated heterocycles. The zero-order valence-electron chi connectivity index (χ0n) is 17.1. The summed E-state index contributed by atoms with van der Waals surface area (Å²) < 4.78 is 11.5. The molecule has 8 nitrogen and oxygen atoms in total. The van der Waals surface area contributed by atoms with Crippen LogP contribution in [0.4, 0.5) is 4.79 Å². The summed E-state index contributed by atoms with van der Waals surface area (Å²) in [6, 6.07) is 16.1. The first-order valence-electron chi connectivity index (χ1n) is 9.86. The SMILES string of the molecule is CCOC(=O)Oc1cc(O)c(-c2nnc(O)n2-c2cccc3ccccc23)cc1CC. The quantitative estimate of drug-likeness (QED) is 0.360. The molecule has 4 rings (SSSR count). The third-order valence-electron chi connectivity index (χ3n) is 4.91. The number of aryl methyl sites for hydroxylation is 1. The summed E-state index contributed by atoms with van der Waals surface area (Å²) in [5.74, 6) is 0.275. The van der Waals surface area contributed by atoms with E-state index in [1.54, 1.807) is 13.0 Å². The van der Waals surface area contributed by atoms with Crippen LogP contribution in [0.2, 0.25) is 0 Å². The first-order valence-corrected chi connectivity index (χ1v) is 9.86. The molecule has 8 heteroatoms. The highest BCUT2D eigenvalue weighted by molar-refractivity contribution is 5.91. The van der Waals surface area contributed by atoms with E-state index in [-0.39, 0.29) is 29.9 Å². The molecule has 0 amide bonds. The maximum absolute atomic E-state index is 11.7. The largest absolute Gasteiger partial charge is 0.513 e. The van der Waals surface area contributed by atoms with Crippen LogP contribution in [0.25, 0.3) is 27.8 Å². The fourth-order valence-corrected chi connectivity index (χ4v) is 3.48. The van der Waals surface area contributed by atoms with Gasteiger partial charge in [0.15, 0.2) is 5.82 Å². The van der Waals surface area contributed by atoms with Crippen LogP contribution >= 0.6 is 0 Å². The lowest BCUT2D eigenvalue weighted by molar-refractivity contribution is 0.104. The Labute approximate surface area is 178 Å². The second-order valence-electron chi connectivity index (χ2n) is 6.77. The Morgan fingerprint density at radius 2 is 1.81 bits per heavy atom. The van der Waals surface area contributed by atoms with E-state index in [9.17, 15) is 15.0 Å². The van der Waals surface area contributed by atoms with Crippen LogP contribution in [0.1, 0.15) is 19.4 Å². The van der Waals surface area contributed by atoms with Crippen molar-refractivity contribution in [2.45, 2.75) is 20.3 Å². The Morgan fingerprint density at radius 1 is 1.03 bits per heavy atom. The maximum atomic E-state index is 11.7. The van der Waals surface area contributed by atoms with Crippen molar-refractivity contribution in [1.29, 1.82) is 0 Å². The van der Waals surface area contributed by atoms with Crippen LogP contribution in [-0.2, 0) is 11.2 Å². The zero-order valence-corrected chi connectivity index (χ0v) is 17.1. The van der Waals surface area contributed by atoms with Crippen LogP contribution < -0.4 is 4.74 Å². The van der Waals surface area contributed by atoms with Gasteiger partial charge in [0.1, 0.15) is 11.5 Å². The van der Waals surface area contributed by atoms with E-state index in [2.05, 4.69) is 10.2 Å². The van der Waals surface area contributed by atoms with Crippen LogP contribution in [0.3, 0.4) is 0 Å². The molecule has 0 aliphatic heterocycles. The number of rotatable bonds is 5. The fourth-order valence-electron chi connectivity index (χ4n) is 3.48. The molecule has 0 unspecified atom stereocenters. The highest BCUT2D eigenvalue weighted by Gasteiger charge is 2.22. The number of aromatic nitrogens is 3. The van der Waals surface area contributed by atoms with Crippen LogP contribution in [0.15, 0.2) is 54.6 Å². The van der Waals surface area contributed by atoms with Crippen LogP contribution in [-0.4, -0.2) is 37.7 Å². The molecule has 0 atom stereocenters. The van der Waals surface area contributed by atoms with E-state index in [0.717, 1.165) is 10.8 Å². The van der Waals surface area contributed by atoms with Crippen LogP contribution in [0.5, 0.6) is 17.5 Å². The van der Waals surface area contributed by atoms with E-state index in [1.807, 2.05) is 49.4 Å². The zero-order chi connectivity index (χ0) is 22.0. The van der Waals surface area contributed by atoms with Crippen molar-refractivity contribution in [3.05, 3.63) is 60.2 Å². The summed E-state index contributed by atoms with van der Waals surface area (Å²) in [5, 5.41) is 31.0. The average molecular weight is 419 g/mol. The van der Waals surface area contributed by atoms with Gasteiger partial charge in [0.05, 0.1) is 17.9 Å². The Kier molecular flexibility index (Phi) is 5.44. The van der Waals surface area contributed by atoms with Gasteiger partial charge in [-0.25, -0.2) is 9.36 Å². The first-order chi connectivity index (χ1) is 15.0. The first kappa shape index (κ1) is 20.2.